The van der Waals surface area contributed by atoms with Gasteiger partial charge in [0.15, 0.2) is 18.7 Å². The zero-order valence-corrected chi connectivity index (χ0v) is 51.2. The number of carbonyl (C=O) groups is 4. The van der Waals surface area contributed by atoms with Gasteiger partial charge in [-0.15, -0.1) is 0 Å². The number of carboxylic acid groups (broad SMARTS) is 1. The Bertz CT molecular complexity index is 2600. The van der Waals surface area contributed by atoms with Crippen LogP contribution in [0.5, 0.6) is 0 Å². The molecule has 4 heterocycles. The van der Waals surface area contributed by atoms with Crippen molar-refractivity contribution in [2.45, 2.75) is 192 Å². The summed E-state index contributed by atoms with van der Waals surface area (Å²) in [6, 6.07) is 4.95. The molecular formula is C58H93N5O20. The van der Waals surface area contributed by atoms with Gasteiger partial charge in [-0.25, -0.2) is 14.4 Å². The first-order valence-corrected chi connectivity index (χ1v) is 28.6. The minimum absolute atomic E-state index is 0.0448. The van der Waals surface area contributed by atoms with Crippen molar-refractivity contribution in [2.75, 3.05) is 73.8 Å². The largest absolute Gasteiger partial charge is 0.477 e. The van der Waals surface area contributed by atoms with Gasteiger partial charge in [-0.3, -0.25) is 14.3 Å². The highest BCUT2D eigenvalue weighted by molar-refractivity contribution is 5.93. The van der Waals surface area contributed by atoms with Crippen LogP contribution in [0.4, 0.5) is 4.79 Å². The number of nitrogens with zero attached hydrogens (tertiary/aromatic N) is 4. The number of nitrogens with one attached hydrogen (secondary N) is 1. The molecule has 3 aliphatic rings. The van der Waals surface area contributed by atoms with Crippen molar-refractivity contribution in [3.05, 3.63) is 45.7 Å². The zero-order chi connectivity index (χ0) is 62.1. The summed E-state index contributed by atoms with van der Waals surface area (Å²) in [5.41, 5.74) is -4.58. The Hall–Kier alpha value is -5.06. The molecule has 0 radical (unpaired) electrons. The third-order valence-electron chi connectivity index (χ3n) is 16.6. The Kier molecular flexibility index (Phi) is 24.3. The number of hydrogen-bond donors (Lipinski definition) is 6. The van der Waals surface area contributed by atoms with Gasteiger partial charge in [0.2, 0.25) is 12.0 Å². The number of pyridine rings is 1. The highest BCUT2D eigenvalue weighted by atomic mass is 16.7. The third kappa shape index (κ3) is 16.7. The Labute approximate surface area is 486 Å². The molecule has 2 aromatic rings. The number of aromatic nitrogens is 1. The minimum Gasteiger partial charge on any atom is -0.477 e. The second-order valence-electron chi connectivity index (χ2n) is 23.7. The van der Waals surface area contributed by atoms with Crippen LogP contribution in [0.1, 0.15) is 117 Å². The Morgan fingerprint density at radius 2 is 1.60 bits per heavy atom. The summed E-state index contributed by atoms with van der Waals surface area (Å²) in [6.45, 7) is 16.4. The van der Waals surface area contributed by atoms with Crippen molar-refractivity contribution in [3.8, 4) is 0 Å². The number of benzene rings is 1. The molecule has 1 aromatic carbocycles. The Balaban J connectivity index is 1.36. The summed E-state index contributed by atoms with van der Waals surface area (Å²) in [5.74, 6) is -6.80. The maximum Gasteiger partial charge on any atom is 0.407 e. The van der Waals surface area contributed by atoms with Gasteiger partial charge in [-0.1, -0.05) is 38.9 Å². The van der Waals surface area contributed by atoms with E-state index >= 15 is 0 Å². The number of ether oxygens (including phenoxy) is 9. The van der Waals surface area contributed by atoms with Crippen LogP contribution < -0.4 is 15.8 Å². The van der Waals surface area contributed by atoms with Crippen molar-refractivity contribution in [1.29, 1.82) is 0 Å². The number of cyclic esters (lactones) is 1. The standard InChI is InChI=1S/C58H93N5O20/c1-17-42-58(10,73)49(67)33(4)45(60-77-30-43(64)74-15)31(2)27-56(8,72)50(82-54-47(66)41(61(11)12)25-32(3)78-54)34(5)48(35(6)53(70)80-42)81-44-28-57(9,75-16)51(36(7)79-44)83-55(71)59-22-24-76-23-18-19-37-20-21-40-38(26-37)46(65)39(52(68)69)29-63(40)62(13)14/h20-21,26,29,31-36,41-42,44,47-51,54,66-67,72-73H,17-19,22-25,27-28,30H2,1-16H3,(H,59,71)(H,68,69)/t31-,32-,33+,34+,35-,36+,41+,42-,44+,47-,48+,49-,50-,51+,54+,56-,57-,58-/m1/s1. The average Bonchev–Trinajstić information content (AvgIpc) is 2.45. The lowest BCUT2D eigenvalue weighted by Gasteiger charge is -2.49. The van der Waals surface area contributed by atoms with E-state index in [0.29, 0.717) is 31.4 Å². The van der Waals surface area contributed by atoms with Gasteiger partial charge < -0.3 is 88.2 Å². The zero-order valence-electron chi connectivity index (χ0n) is 51.2. The number of fused-ring (bicyclic) bond motifs is 1. The molecule has 0 aliphatic carbocycles. The van der Waals surface area contributed by atoms with Gasteiger partial charge in [0.1, 0.15) is 29.0 Å². The van der Waals surface area contributed by atoms with E-state index in [-0.39, 0.29) is 55.2 Å². The van der Waals surface area contributed by atoms with E-state index in [0.717, 1.165) is 5.56 Å². The number of oxime groups is 1. The molecule has 25 nitrogen and oxygen atoms in total. The number of aliphatic hydroxyl groups excluding tert-OH is 2. The topological polar surface area (TPSA) is 315 Å². The van der Waals surface area contributed by atoms with E-state index in [1.807, 2.05) is 32.0 Å². The van der Waals surface area contributed by atoms with Crippen LogP contribution in [0.15, 0.2) is 34.3 Å². The fraction of sp³-hybridized carbons (Fsp3) is 0.759. The monoisotopic (exact) mass is 1180 g/mol. The molecule has 470 valence electrons. The number of carbonyl (C=O) groups excluding carboxylic acids is 3. The molecule has 0 saturated carbocycles. The number of aryl methyl sites for hydroxylation is 1. The number of methoxy groups -OCH3 is 2. The number of aliphatic hydroxyl groups is 4. The van der Waals surface area contributed by atoms with Gasteiger partial charge in [-0.2, -0.15) is 0 Å². The van der Waals surface area contributed by atoms with Crippen molar-refractivity contribution in [3.63, 3.8) is 0 Å². The van der Waals surface area contributed by atoms with Gasteiger partial charge in [0, 0.05) is 76.2 Å². The van der Waals surface area contributed by atoms with Gasteiger partial charge >= 0.3 is 24.0 Å². The minimum atomic E-state index is -2.09. The van der Waals surface area contributed by atoms with E-state index in [4.69, 9.17) is 47.5 Å². The number of rotatable bonds is 20. The number of alkyl carbamates (subject to hydrolysis) is 1. The summed E-state index contributed by atoms with van der Waals surface area (Å²) in [7, 11) is 9.78. The van der Waals surface area contributed by atoms with Crippen molar-refractivity contribution in [2.24, 2.45) is 28.8 Å². The predicted molar refractivity (Wildman–Crippen MR) is 303 cm³/mol. The number of carboxylic acids is 1. The Morgan fingerprint density at radius 3 is 2.22 bits per heavy atom. The van der Waals surface area contributed by atoms with Crippen LogP contribution >= 0.6 is 0 Å². The Morgan fingerprint density at radius 1 is 0.916 bits per heavy atom. The predicted octanol–water partition coefficient (Wildman–Crippen LogP) is 3.36. The molecule has 18 atom stereocenters. The number of likely N-dealkylation sites (N-methyl/N-ethyl adjacent to an activating group) is 1. The van der Waals surface area contributed by atoms with Crippen LogP contribution in [0, 0.1) is 23.7 Å². The van der Waals surface area contributed by atoms with Crippen molar-refractivity contribution < 1.29 is 92.2 Å². The average molecular weight is 1180 g/mol. The lowest BCUT2D eigenvalue weighted by atomic mass is 9.73. The normalized spacial score (nSPS) is 35.3. The molecule has 0 spiro atoms. The maximum absolute atomic E-state index is 14.7. The molecule has 3 aliphatic heterocycles. The smallest absolute Gasteiger partial charge is 0.407 e. The molecule has 1 amide bonds. The second kappa shape index (κ2) is 29.4. The van der Waals surface area contributed by atoms with E-state index < -0.39 is 138 Å². The molecule has 3 saturated heterocycles. The van der Waals surface area contributed by atoms with E-state index in [9.17, 15) is 49.5 Å². The first-order valence-electron chi connectivity index (χ1n) is 28.6. The summed E-state index contributed by atoms with van der Waals surface area (Å²) in [5, 5.41) is 67.5. The van der Waals surface area contributed by atoms with E-state index in [1.165, 1.54) is 34.3 Å². The van der Waals surface area contributed by atoms with Crippen LogP contribution in [-0.4, -0.2) is 218 Å². The number of esters is 2. The third-order valence-corrected chi connectivity index (χ3v) is 16.6. The summed E-state index contributed by atoms with van der Waals surface area (Å²) < 4.78 is 56.7. The van der Waals surface area contributed by atoms with E-state index in [1.54, 1.807) is 84.4 Å². The van der Waals surface area contributed by atoms with Gasteiger partial charge in [0.25, 0.3) is 0 Å². The molecule has 83 heavy (non-hydrogen) atoms. The van der Waals surface area contributed by atoms with Crippen LogP contribution in [0.25, 0.3) is 10.9 Å². The number of amides is 1. The lowest BCUT2D eigenvalue weighted by Crippen LogP contribution is -2.61. The molecule has 0 unspecified atom stereocenters. The lowest BCUT2D eigenvalue weighted by molar-refractivity contribution is -0.317. The van der Waals surface area contributed by atoms with Gasteiger partial charge in [-0.05, 0) is 105 Å². The van der Waals surface area contributed by atoms with Crippen molar-refractivity contribution >= 4 is 40.6 Å². The van der Waals surface area contributed by atoms with Crippen molar-refractivity contribution in [1.82, 2.24) is 14.9 Å². The summed E-state index contributed by atoms with van der Waals surface area (Å²) in [4.78, 5) is 72.4. The van der Waals surface area contributed by atoms with Crippen LogP contribution in [0.3, 0.4) is 0 Å². The first-order chi connectivity index (χ1) is 38.8. The molecular weight excluding hydrogens is 1090 g/mol. The molecule has 6 N–H and O–H groups in total. The summed E-state index contributed by atoms with van der Waals surface area (Å²) in [6.07, 6.45) is -9.37. The quantitative estimate of drug-likeness (QED) is 0.0479. The highest BCUT2D eigenvalue weighted by Crippen LogP contribution is 2.42. The number of hydrogen-bond acceptors (Lipinski definition) is 22. The van der Waals surface area contributed by atoms with Crippen LogP contribution in [0.2, 0.25) is 0 Å². The molecule has 5 rings (SSSR count). The SMILES string of the molecule is CC[C@H]1OC(=O)[C@H](C)[C@@H](O[C@H]2C[C@@](C)(OC)[C@@H](OC(=O)NCCOCCCc3ccc4c(c3)c(=O)c(C(=O)O)cn4N(C)C)[C@H](C)O2)[C@H](C)[C@@H](O[C@@H]2O[C@H](C)C[C@H](N(C)C)[C@H]2O)[C@](C)(O)C[C@@H](C)C(=NOCC(=O)OC)[C@H](C)[C@@H](O)[C@]1(C)O. The maximum atomic E-state index is 14.7. The number of aromatic carboxylic acids is 1. The highest BCUT2D eigenvalue weighted by Gasteiger charge is 2.54. The molecule has 3 fully saturated rings. The first kappa shape index (κ1) is 68.7. The van der Waals surface area contributed by atoms with Crippen LogP contribution in [-0.2, 0) is 63.5 Å². The molecule has 25 heteroatoms. The molecule has 0 bridgehead atoms. The van der Waals surface area contributed by atoms with Gasteiger partial charge in [0.05, 0.1) is 67.0 Å². The second-order valence-corrected chi connectivity index (χ2v) is 23.7. The van der Waals surface area contributed by atoms with E-state index in [2.05, 4.69) is 10.5 Å². The molecule has 1 aromatic heterocycles. The summed E-state index contributed by atoms with van der Waals surface area (Å²) >= 11 is 0. The fourth-order valence-electron chi connectivity index (χ4n) is 11.9. The fourth-order valence-corrected chi connectivity index (χ4v) is 11.9.